The molecule has 0 unspecified atom stereocenters. The molecule has 174 valence electrons. The van der Waals surface area contributed by atoms with Gasteiger partial charge < -0.3 is 4.48 Å². The molecule has 0 aliphatic carbocycles. The van der Waals surface area contributed by atoms with Crippen LogP contribution in [0, 0.1) is 17.2 Å². The van der Waals surface area contributed by atoms with Crippen molar-refractivity contribution in [3.8, 4) is 6.07 Å². The summed E-state index contributed by atoms with van der Waals surface area (Å²) in [7, 11) is 5.58. The second-order valence-electron chi connectivity index (χ2n) is 8.98. The summed E-state index contributed by atoms with van der Waals surface area (Å²) in [5.74, 6) is -0.578. The molecule has 0 saturated heterocycles. The predicted molar refractivity (Wildman–Crippen MR) is 129 cm³/mol. The van der Waals surface area contributed by atoms with Gasteiger partial charge in [-0.25, -0.2) is 10.2 Å². The number of benzene rings is 2. The molecular weight excluding hydrogens is 416 g/mol. The average Bonchev–Trinajstić information content (AvgIpc) is 2.74. The van der Waals surface area contributed by atoms with Crippen molar-refractivity contribution in [3.05, 3.63) is 71.8 Å². The van der Waals surface area contributed by atoms with Gasteiger partial charge in [-0.3, -0.25) is 15.0 Å². The third-order valence-electron chi connectivity index (χ3n) is 4.67. The molecular formula is C25H33N6O2+. The number of urea groups is 1. The number of likely N-dealkylation sites (N-methyl/N-ethyl adjacent to an activating group) is 1. The van der Waals surface area contributed by atoms with Crippen LogP contribution < -0.4 is 10.7 Å². The maximum atomic E-state index is 11.9. The minimum absolute atomic E-state index is 0.169. The lowest BCUT2D eigenvalue weighted by Gasteiger charge is -2.25. The quantitative estimate of drug-likeness (QED) is 0.313. The zero-order valence-electron chi connectivity index (χ0n) is 19.6. The van der Waals surface area contributed by atoms with Gasteiger partial charge in [0.1, 0.15) is 0 Å². The maximum Gasteiger partial charge on any atom is 0.341 e. The topological polar surface area (TPSA) is 97.6 Å². The SMILES string of the molecule is C[N+](C)(C)CC(=O)NC(=O)N/N=C\[C@@H](CC#N)CN(Cc1ccccc1)Cc1ccccc1. The van der Waals surface area contributed by atoms with Gasteiger partial charge >= 0.3 is 6.03 Å². The van der Waals surface area contributed by atoms with Crippen LogP contribution in [0.1, 0.15) is 17.5 Å². The Morgan fingerprint density at radius 1 is 1.03 bits per heavy atom. The number of nitrogens with one attached hydrogen (secondary N) is 2. The van der Waals surface area contributed by atoms with Gasteiger partial charge in [0.2, 0.25) is 0 Å². The minimum atomic E-state index is -0.689. The number of nitriles is 1. The number of amides is 3. The van der Waals surface area contributed by atoms with Crippen LogP contribution in [-0.4, -0.2) is 61.8 Å². The number of hydrazone groups is 1. The van der Waals surface area contributed by atoms with Gasteiger partial charge in [0.15, 0.2) is 6.54 Å². The molecule has 2 rings (SSSR count). The van der Waals surface area contributed by atoms with Crippen LogP contribution in [-0.2, 0) is 17.9 Å². The lowest BCUT2D eigenvalue weighted by atomic mass is 10.1. The highest BCUT2D eigenvalue weighted by atomic mass is 16.2. The van der Waals surface area contributed by atoms with Crippen LogP contribution in [0.5, 0.6) is 0 Å². The van der Waals surface area contributed by atoms with E-state index in [1.807, 2.05) is 57.5 Å². The maximum absolute atomic E-state index is 11.9. The van der Waals surface area contributed by atoms with E-state index in [9.17, 15) is 14.9 Å². The molecule has 0 aliphatic heterocycles. The zero-order chi connectivity index (χ0) is 24.1. The highest BCUT2D eigenvalue weighted by molar-refractivity contribution is 5.94. The molecule has 2 N–H and O–H groups in total. The van der Waals surface area contributed by atoms with E-state index in [4.69, 9.17) is 0 Å². The van der Waals surface area contributed by atoms with E-state index in [2.05, 4.69) is 51.1 Å². The molecule has 0 radical (unpaired) electrons. The fourth-order valence-electron chi connectivity index (χ4n) is 3.31. The summed E-state index contributed by atoms with van der Waals surface area (Å²) < 4.78 is 0.408. The Kier molecular flexibility index (Phi) is 10.2. The summed E-state index contributed by atoms with van der Waals surface area (Å²) in [5, 5.41) is 15.5. The van der Waals surface area contributed by atoms with E-state index < -0.39 is 6.03 Å². The summed E-state index contributed by atoms with van der Waals surface area (Å²) in [5.41, 5.74) is 4.68. The molecule has 0 bridgehead atoms. The lowest BCUT2D eigenvalue weighted by molar-refractivity contribution is -0.862. The van der Waals surface area contributed by atoms with Crippen LogP contribution in [0.25, 0.3) is 0 Å². The Balaban J connectivity index is 2.00. The molecule has 0 fully saturated rings. The number of imide groups is 1. The van der Waals surface area contributed by atoms with Crippen molar-refractivity contribution in [3.63, 3.8) is 0 Å². The number of carbonyl (C=O) groups excluding carboxylic acids is 2. The van der Waals surface area contributed by atoms with Crippen LogP contribution in [0.4, 0.5) is 4.79 Å². The van der Waals surface area contributed by atoms with Crippen molar-refractivity contribution >= 4 is 18.2 Å². The fourth-order valence-corrected chi connectivity index (χ4v) is 3.31. The van der Waals surface area contributed by atoms with E-state index in [1.54, 1.807) is 6.21 Å². The largest absolute Gasteiger partial charge is 0.341 e. The van der Waals surface area contributed by atoms with Crippen LogP contribution in [0.3, 0.4) is 0 Å². The van der Waals surface area contributed by atoms with Crippen LogP contribution in [0.2, 0.25) is 0 Å². The van der Waals surface area contributed by atoms with Gasteiger partial charge in [-0.15, -0.1) is 0 Å². The first-order chi connectivity index (χ1) is 15.7. The molecule has 3 amide bonds. The molecule has 2 aromatic carbocycles. The number of carbonyl (C=O) groups is 2. The molecule has 33 heavy (non-hydrogen) atoms. The second kappa shape index (κ2) is 13.1. The van der Waals surface area contributed by atoms with Gasteiger partial charge in [-0.2, -0.15) is 10.4 Å². The first kappa shape index (κ1) is 25.7. The second-order valence-corrected chi connectivity index (χ2v) is 8.98. The fraction of sp³-hybridized carbons (Fsp3) is 0.360. The molecule has 0 aliphatic rings. The number of quaternary nitrogens is 1. The number of rotatable bonds is 11. The third-order valence-corrected chi connectivity index (χ3v) is 4.67. The van der Waals surface area contributed by atoms with Gasteiger partial charge in [0.05, 0.1) is 27.2 Å². The molecule has 1 atom stereocenters. The van der Waals surface area contributed by atoms with E-state index >= 15 is 0 Å². The van der Waals surface area contributed by atoms with Crippen LogP contribution in [0.15, 0.2) is 65.8 Å². The van der Waals surface area contributed by atoms with Crippen molar-refractivity contribution in [2.75, 3.05) is 34.2 Å². The first-order valence-corrected chi connectivity index (χ1v) is 10.9. The molecule has 0 spiro atoms. The smallest absolute Gasteiger partial charge is 0.323 e. The van der Waals surface area contributed by atoms with Crippen molar-refractivity contribution in [2.45, 2.75) is 19.5 Å². The summed E-state index contributed by atoms with van der Waals surface area (Å²) in [4.78, 5) is 26.1. The zero-order valence-corrected chi connectivity index (χ0v) is 19.6. The van der Waals surface area contributed by atoms with Crippen molar-refractivity contribution in [1.29, 1.82) is 5.26 Å². The number of hydrogen-bond acceptors (Lipinski definition) is 5. The summed E-state index contributed by atoms with van der Waals surface area (Å²) in [6.45, 7) is 2.20. The summed E-state index contributed by atoms with van der Waals surface area (Å²) >= 11 is 0. The Labute approximate surface area is 196 Å². The van der Waals surface area contributed by atoms with Crippen LogP contribution >= 0.6 is 0 Å². The lowest BCUT2D eigenvalue weighted by Crippen LogP contribution is -2.47. The third kappa shape index (κ3) is 11.1. The van der Waals surface area contributed by atoms with Gasteiger partial charge in [0, 0.05) is 38.2 Å². The molecule has 8 nitrogen and oxygen atoms in total. The highest BCUT2D eigenvalue weighted by Gasteiger charge is 2.17. The van der Waals surface area contributed by atoms with Crippen molar-refractivity contribution in [1.82, 2.24) is 15.6 Å². The summed E-state index contributed by atoms with van der Waals surface area (Å²) in [6.07, 6.45) is 1.82. The van der Waals surface area contributed by atoms with Crippen molar-refractivity contribution < 1.29 is 14.1 Å². The van der Waals surface area contributed by atoms with E-state index in [0.717, 1.165) is 13.1 Å². The molecule has 0 aromatic heterocycles. The highest BCUT2D eigenvalue weighted by Crippen LogP contribution is 2.13. The predicted octanol–water partition coefficient (Wildman–Crippen LogP) is 2.74. The minimum Gasteiger partial charge on any atom is -0.323 e. The van der Waals surface area contributed by atoms with E-state index in [-0.39, 0.29) is 24.8 Å². The molecule has 0 heterocycles. The first-order valence-electron chi connectivity index (χ1n) is 10.9. The summed E-state index contributed by atoms with van der Waals surface area (Å²) in [6, 6.07) is 21.8. The molecule has 8 heteroatoms. The van der Waals surface area contributed by atoms with E-state index in [1.165, 1.54) is 11.1 Å². The van der Waals surface area contributed by atoms with E-state index in [0.29, 0.717) is 11.0 Å². The normalized spacial score (nSPS) is 12.3. The standard InChI is InChI=1S/C25H32N6O2/c1-31(2,3)20-24(32)28-25(33)29-27-16-23(14-15-26)19-30(17-21-10-6-4-7-11-21)18-22-12-8-5-9-13-22/h4-13,16,23H,14,17-20H2,1-3H3,(H-,28,29,32,33)/p+1/b27-16-/t23-/m1/s1. The Morgan fingerprint density at radius 3 is 2.06 bits per heavy atom. The van der Waals surface area contributed by atoms with Crippen molar-refractivity contribution in [2.24, 2.45) is 11.0 Å². The molecule has 2 aromatic rings. The monoisotopic (exact) mass is 449 g/mol. The average molecular weight is 450 g/mol. The number of hydrogen-bond donors (Lipinski definition) is 2. The van der Waals surface area contributed by atoms with Gasteiger partial charge in [-0.1, -0.05) is 60.7 Å². The molecule has 0 saturated carbocycles. The Bertz CT molecular complexity index is 907. The Hall–Kier alpha value is -3.54. The number of nitrogens with zero attached hydrogens (tertiary/aromatic N) is 4. The van der Waals surface area contributed by atoms with Gasteiger partial charge in [-0.05, 0) is 11.1 Å². The Morgan fingerprint density at radius 2 is 1.58 bits per heavy atom. The van der Waals surface area contributed by atoms with Gasteiger partial charge in [0.25, 0.3) is 5.91 Å².